The molecule has 1 aliphatic rings. The minimum absolute atomic E-state index is 0.0737. The maximum atomic E-state index is 13.1. The van der Waals surface area contributed by atoms with Crippen LogP contribution >= 0.6 is 0 Å². The largest absolute Gasteiger partial charge is 0.338 e. The predicted octanol–water partition coefficient (Wildman–Crippen LogP) is 3.47. The highest BCUT2D eigenvalue weighted by Crippen LogP contribution is 2.19. The third kappa shape index (κ3) is 5.18. The van der Waals surface area contributed by atoms with Gasteiger partial charge < -0.3 is 4.90 Å². The number of carbonyl (C=O) groups is 1. The first kappa shape index (κ1) is 20.5. The zero-order chi connectivity index (χ0) is 20.1. The summed E-state index contributed by atoms with van der Waals surface area (Å²) in [5.74, 6) is -0.155. The van der Waals surface area contributed by atoms with E-state index in [1.165, 1.54) is 23.3 Å². The molecule has 1 unspecified atom stereocenters. The van der Waals surface area contributed by atoms with Crippen molar-refractivity contribution in [1.82, 2.24) is 14.7 Å². The van der Waals surface area contributed by atoms with Crippen molar-refractivity contribution in [2.45, 2.75) is 26.4 Å². The lowest BCUT2D eigenvalue weighted by Gasteiger charge is -2.36. The molecule has 4 nitrogen and oxygen atoms in total. The number of halogens is 1. The molecule has 0 radical (unpaired) electrons. The third-order valence-electron chi connectivity index (χ3n) is 5.81. The Balaban J connectivity index is 1.48. The molecule has 1 atom stereocenters. The molecule has 1 amide bonds. The number of benzene rings is 2. The van der Waals surface area contributed by atoms with Gasteiger partial charge in [0.1, 0.15) is 5.82 Å². The fourth-order valence-electron chi connectivity index (χ4n) is 3.62. The first-order valence-electron chi connectivity index (χ1n) is 9.94. The van der Waals surface area contributed by atoms with Crippen molar-refractivity contribution in [1.29, 1.82) is 0 Å². The molecular formula is C23H30FN3O. The molecule has 2 aromatic carbocycles. The van der Waals surface area contributed by atoms with Crippen molar-refractivity contribution in [3.8, 4) is 0 Å². The molecule has 0 aromatic heterocycles. The fraction of sp³-hybridized carbons (Fsp3) is 0.435. The Morgan fingerprint density at radius 1 is 1.04 bits per heavy atom. The number of piperazine rings is 1. The van der Waals surface area contributed by atoms with Gasteiger partial charge >= 0.3 is 0 Å². The van der Waals surface area contributed by atoms with E-state index in [0.717, 1.165) is 38.3 Å². The fourth-order valence-corrected chi connectivity index (χ4v) is 3.62. The summed E-state index contributed by atoms with van der Waals surface area (Å²) in [6, 6.07) is 14.8. The van der Waals surface area contributed by atoms with E-state index >= 15 is 0 Å². The molecule has 0 saturated carbocycles. The van der Waals surface area contributed by atoms with Crippen LogP contribution in [0.5, 0.6) is 0 Å². The van der Waals surface area contributed by atoms with Crippen molar-refractivity contribution in [2.75, 3.05) is 39.8 Å². The summed E-state index contributed by atoms with van der Waals surface area (Å²) in [7, 11) is 1.82. The van der Waals surface area contributed by atoms with Crippen LogP contribution < -0.4 is 0 Å². The number of amides is 1. The molecule has 0 spiro atoms. The van der Waals surface area contributed by atoms with E-state index in [-0.39, 0.29) is 17.8 Å². The lowest BCUT2D eigenvalue weighted by molar-refractivity contribution is -0.133. The second kappa shape index (κ2) is 9.30. The Morgan fingerprint density at radius 2 is 1.64 bits per heavy atom. The lowest BCUT2D eigenvalue weighted by atomic mass is 10.1. The standard InChI is InChI=1S/C23H30FN3O/c1-18-6-4-5-7-21(18)16-26-12-14-27(15-13-26)17-23(28)25(3)19(2)20-8-10-22(24)11-9-20/h4-11,19H,12-17H2,1-3H3. The Bertz CT molecular complexity index is 785. The normalized spacial score (nSPS) is 16.7. The lowest BCUT2D eigenvalue weighted by Crippen LogP contribution is -2.49. The maximum Gasteiger partial charge on any atom is 0.236 e. The molecule has 1 heterocycles. The van der Waals surface area contributed by atoms with Crippen molar-refractivity contribution in [3.05, 3.63) is 71.0 Å². The molecule has 5 heteroatoms. The Hall–Kier alpha value is -2.24. The Morgan fingerprint density at radius 3 is 2.29 bits per heavy atom. The monoisotopic (exact) mass is 383 g/mol. The molecular weight excluding hydrogens is 353 g/mol. The van der Waals surface area contributed by atoms with E-state index in [9.17, 15) is 9.18 Å². The van der Waals surface area contributed by atoms with Crippen LogP contribution in [0.15, 0.2) is 48.5 Å². The van der Waals surface area contributed by atoms with Crippen LogP contribution in [0.4, 0.5) is 4.39 Å². The summed E-state index contributed by atoms with van der Waals surface area (Å²) in [5, 5.41) is 0. The van der Waals surface area contributed by atoms with E-state index in [2.05, 4.69) is 41.0 Å². The Labute approximate surface area is 167 Å². The van der Waals surface area contributed by atoms with Gasteiger partial charge in [-0.15, -0.1) is 0 Å². The second-order valence-electron chi connectivity index (χ2n) is 7.71. The van der Waals surface area contributed by atoms with Crippen molar-refractivity contribution >= 4 is 5.91 Å². The number of hydrogen-bond acceptors (Lipinski definition) is 3. The van der Waals surface area contributed by atoms with E-state index in [0.29, 0.717) is 6.54 Å². The van der Waals surface area contributed by atoms with Gasteiger partial charge in [-0.3, -0.25) is 14.6 Å². The summed E-state index contributed by atoms with van der Waals surface area (Å²) in [4.78, 5) is 19.1. The highest BCUT2D eigenvalue weighted by atomic mass is 19.1. The molecule has 1 fully saturated rings. The molecule has 0 bridgehead atoms. The Kier molecular flexibility index (Phi) is 6.81. The number of aryl methyl sites for hydroxylation is 1. The highest BCUT2D eigenvalue weighted by molar-refractivity contribution is 5.78. The molecule has 1 saturated heterocycles. The summed E-state index contributed by atoms with van der Waals surface area (Å²) < 4.78 is 13.1. The smallest absolute Gasteiger partial charge is 0.236 e. The average Bonchev–Trinajstić information content (AvgIpc) is 2.70. The summed E-state index contributed by atoms with van der Waals surface area (Å²) in [5.41, 5.74) is 3.65. The summed E-state index contributed by atoms with van der Waals surface area (Å²) in [6.07, 6.45) is 0. The van der Waals surface area contributed by atoms with Gasteiger partial charge in [0, 0.05) is 39.8 Å². The predicted molar refractivity (Wildman–Crippen MR) is 110 cm³/mol. The molecule has 0 N–H and O–H groups in total. The van der Waals surface area contributed by atoms with Crippen molar-refractivity contribution in [2.24, 2.45) is 0 Å². The molecule has 1 aliphatic heterocycles. The number of nitrogens with zero attached hydrogens (tertiary/aromatic N) is 3. The van der Waals surface area contributed by atoms with Crippen LogP contribution in [0.25, 0.3) is 0 Å². The minimum Gasteiger partial charge on any atom is -0.338 e. The van der Waals surface area contributed by atoms with E-state index in [1.54, 1.807) is 17.0 Å². The molecule has 2 aromatic rings. The third-order valence-corrected chi connectivity index (χ3v) is 5.81. The van der Waals surface area contributed by atoms with Gasteiger partial charge in [0.25, 0.3) is 0 Å². The van der Waals surface area contributed by atoms with Gasteiger partial charge in [-0.2, -0.15) is 0 Å². The minimum atomic E-state index is -0.256. The van der Waals surface area contributed by atoms with Crippen LogP contribution in [0.2, 0.25) is 0 Å². The van der Waals surface area contributed by atoms with Crippen LogP contribution in [-0.2, 0) is 11.3 Å². The van der Waals surface area contributed by atoms with Gasteiger partial charge in [-0.25, -0.2) is 4.39 Å². The number of carbonyl (C=O) groups excluding carboxylic acids is 1. The van der Waals surface area contributed by atoms with Crippen molar-refractivity contribution < 1.29 is 9.18 Å². The van der Waals surface area contributed by atoms with Gasteiger partial charge in [0.15, 0.2) is 0 Å². The van der Waals surface area contributed by atoms with Crippen LogP contribution in [0, 0.1) is 12.7 Å². The van der Waals surface area contributed by atoms with Crippen LogP contribution in [-0.4, -0.2) is 60.4 Å². The molecule has 3 rings (SSSR count). The quantitative estimate of drug-likeness (QED) is 0.764. The summed E-state index contributed by atoms with van der Waals surface area (Å²) in [6.45, 7) is 9.27. The summed E-state index contributed by atoms with van der Waals surface area (Å²) >= 11 is 0. The first-order chi connectivity index (χ1) is 13.4. The zero-order valence-electron chi connectivity index (χ0n) is 17.1. The van der Waals surface area contributed by atoms with E-state index in [4.69, 9.17) is 0 Å². The van der Waals surface area contributed by atoms with Gasteiger partial charge in [0.05, 0.1) is 12.6 Å². The SMILES string of the molecule is Cc1ccccc1CN1CCN(CC(=O)N(C)C(C)c2ccc(F)cc2)CC1. The first-order valence-corrected chi connectivity index (χ1v) is 9.94. The highest BCUT2D eigenvalue weighted by Gasteiger charge is 2.23. The topological polar surface area (TPSA) is 26.8 Å². The average molecular weight is 384 g/mol. The van der Waals surface area contributed by atoms with Crippen LogP contribution in [0.3, 0.4) is 0 Å². The van der Waals surface area contributed by atoms with E-state index < -0.39 is 0 Å². The van der Waals surface area contributed by atoms with Gasteiger partial charge in [-0.1, -0.05) is 36.4 Å². The second-order valence-corrected chi connectivity index (χ2v) is 7.71. The number of likely N-dealkylation sites (N-methyl/N-ethyl adjacent to an activating group) is 1. The van der Waals surface area contributed by atoms with Crippen LogP contribution in [0.1, 0.15) is 29.7 Å². The van der Waals surface area contributed by atoms with Gasteiger partial charge in [-0.05, 0) is 42.7 Å². The van der Waals surface area contributed by atoms with Gasteiger partial charge in [0.2, 0.25) is 5.91 Å². The maximum absolute atomic E-state index is 13.1. The zero-order valence-corrected chi connectivity index (χ0v) is 17.1. The number of hydrogen-bond donors (Lipinski definition) is 0. The van der Waals surface area contributed by atoms with E-state index in [1.807, 2.05) is 14.0 Å². The molecule has 0 aliphatic carbocycles. The number of rotatable bonds is 6. The molecule has 28 heavy (non-hydrogen) atoms. The van der Waals surface area contributed by atoms with Crippen molar-refractivity contribution in [3.63, 3.8) is 0 Å². The molecule has 150 valence electrons.